The second-order valence-corrected chi connectivity index (χ2v) is 6.51. The van der Waals surface area contributed by atoms with Crippen LogP contribution in [0.25, 0.3) is 0 Å². The molecular formula is C18H23N3OS. The van der Waals surface area contributed by atoms with Crippen LogP contribution in [0, 0.1) is 23.7 Å². The number of nitrogens with one attached hydrogen (secondary N) is 2. The van der Waals surface area contributed by atoms with Gasteiger partial charge in [-0.1, -0.05) is 18.9 Å². The van der Waals surface area contributed by atoms with Crippen LogP contribution in [0.1, 0.15) is 30.9 Å². The summed E-state index contributed by atoms with van der Waals surface area (Å²) in [5.41, 5.74) is 1.11. The predicted molar refractivity (Wildman–Crippen MR) is 96.3 cm³/mol. The second-order valence-electron chi connectivity index (χ2n) is 6.03. The van der Waals surface area contributed by atoms with Gasteiger partial charge in [0.25, 0.3) is 5.91 Å². The molecular weight excluding hydrogens is 306 g/mol. The molecule has 1 aliphatic heterocycles. The van der Waals surface area contributed by atoms with E-state index >= 15 is 0 Å². The fraction of sp³-hybridized carbons (Fsp3) is 0.444. The molecule has 0 bridgehead atoms. The predicted octanol–water partition coefficient (Wildman–Crippen LogP) is 2.17. The highest BCUT2D eigenvalue weighted by Crippen LogP contribution is 2.17. The molecule has 1 aliphatic rings. The van der Waals surface area contributed by atoms with Gasteiger partial charge >= 0.3 is 0 Å². The van der Waals surface area contributed by atoms with Crippen molar-refractivity contribution in [2.24, 2.45) is 5.92 Å². The lowest BCUT2D eigenvalue weighted by Crippen LogP contribution is -2.41. The van der Waals surface area contributed by atoms with Crippen LogP contribution in [0.5, 0.6) is 0 Å². The normalized spacial score (nSPS) is 15.9. The van der Waals surface area contributed by atoms with E-state index in [0.29, 0.717) is 22.6 Å². The average Bonchev–Trinajstić information content (AvgIpc) is 2.55. The summed E-state index contributed by atoms with van der Waals surface area (Å²) in [6, 6.07) is 5.08. The maximum atomic E-state index is 12.1. The highest BCUT2D eigenvalue weighted by atomic mass is 32.1. The van der Waals surface area contributed by atoms with Crippen molar-refractivity contribution in [3.05, 3.63) is 29.3 Å². The van der Waals surface area contributed by atoms with E-state index in [1.165, 1.54) is 12.8 Å². The third kappa shape index (κ3) is 4.85. The first-order valence-electron chi connectivity index (χ1n) is 7.90. The average molecular weight is 329 g/mol. The molecule has 1 amide bonds. The molecule has 0 atom stereocenters. The number of rotatable bonds is 5. The molecule has 0 radical (unpaired) electrons. The third-order valence-corrected chi connectivity index (χ3v) is 4.62. The second kappa shape index (κ2) is 8.19. The molecule has 0 aromatic heterocycles. The van der Waals surface area contributed by atoms with Crippen LogP contribution in [-0.4, -0.2) is 42.7 Å². The SMILES string of the molecule is C#Cc1ccc(C(=N)C(=O)NCCN2CCC(C)CC2)c(S)c1. The monoisotopic (exact) mass is 329 g/mol. The molecule has 4 nitrogen and oxygen atoms in total. The highest BCUT2D eigenvalue weighted by molar-refractivity contribution is 7.80. The first kappa shape index (κ1) is 17.6. The van der Waals surface area contributed by atoms with E-state index in [4.69, 9.17) is 11.8 Å². The van der Waals surface area contributed by atoms with Gasteiger partial charge < -0.3 is 10.2 Å². The van der Waals surface area contributed by atoms with Crippen molar-refractivity contribution in [1.82, 2.24) is 10.2 Å². The molecule has 0 spiro atoms. The van der Waals surface area contributed by atoms with E-state index in [-0.39, 0.29) is 11.6 Å². The van der Waals surface area contributed by atoms with Crippen LogP contribution >= 0.6 is 12.6 Å². The number of hydrogen-bond donors (Lipinski definition) is 3. The Balaban J connectivity index is 1.83. The highest BCUT2D eigenvalue weighted by Gasteiger charge is 2.17. The third-order valence-electron chi connectivity index (χ3n) is 4.25. The summed E-state index contributed by atoms with van der Waals surface area (Å²) in [5, 5.41) is 10.8. The van der Waals surface area contributed by atoms with Crippen LogP contribution in [0.4, 0.5) is 0 Å². The van der Waals surface area contributed by atoms with Crippen molar-refractivity contribution in [2.45, 2.75) is 24.7 Å². The Morgan fingerprint density at radius 2 is 2.17 bits per heavy atom. The van der Waals surface area contributed by atoms with Crippen molar-refractivity contribution in [1.29, 1.82) is 5.41 Å². The summed E-state index contributed by atoms with van der Waals surface area (Å²) in [6.07, 6.45) is 7.76. The van der Waals surface area contributed by atoms with E-state index in [1.54, 1.807) is 18.2 Å². The number of amides is 1. The van der Waals surface area contributed by atoms with Crippen molar-refractivity contribution < 1.29 is 4.79 Å². The molecule has 1 fully saturated rings. The van der Waals surface area contributed by atoms with Gasteiger partial charge in [-0.25, -0.2) is 0 Å². The first-order valence-corrected chi connectivity index (χ1v) is 8.35. The van der Waals surface area contributed by atoms with E-state index in [1.807, 2.05) is 0 Å². The maximum Gasteiger partial charge on any atom is 0.269 e. The van der Waals surface area contributed by atoms with E-state index < -0.39 is 0 Å². The van der Waals surface area contributed by atoms with Gasteiger partial charge in [0.1, 0.15) is 5.71 Å². The van der Waals surface area contributed by atoms with Crippen LogP contribution in [0.2, 0.25) is 0 Å². The lowest BCUT2D eigenvalue weighted by atomic mass is 9.99. The number of terminal acetylenes is 1. The van der Waals surface area contributed by atoms with E-state index in [9.17, 15) is 4.79 Å². The van der Waals surface area contributed by atoms with Gasteiger partial charge in [0.15, 0.2) is 0 Å². The van der Waals surface area contributed by atoms with Crippen LogP contribution < -0.4 is 5.32 Å². The molecule has 1 heterocycles. The summed E-state index contributed by atoms with van der Waals surface area (Å²) in [7, 11) is 0. The smallest absolute Gasteiger partial charge is 0.269 e. The number of piperidine rings is 1. The van der Waals surface area contributed by atoms with Crippen molar-refractivity contribution >= 4 is 24.2 Å². The summed E-state index contributed by atoms with van der Waals surface area (Å²) in [4.78, 5) is 15.0. The lowest BCUT2D eigenvalue weighted by molar-refractivity contribution is -0.114. The molecule has 2 rings (SSSR count). The quantitative estimate of drug-likeness (QED) is 0.440. The number of carbonyl (C=O) groups excluding carboxylic acids is 1. The lowest BCUT2D eigenvalue weighted by Gasteiger charge is -2.30. The summed E-state index contributed by atoms with van der Waals surface area (Å²) in [5.74, 6) is 2.94. The van der Waals surface area contributed by atoms with Crippen molar-refractivity contribution in [3.63, 3.8) is 0 Å². The zero-order valence-corrected chi connectivity index (χ0v) is 14.3. The maximum absolute atomic E-state index is 12.1. The summed E-state index contributed by atoms with van der Waals surface area (Å²) in [6.45, 7) is 5.84. The van der Waals surface area contributed by atoms with Crippen molar-refractivity contribution in [2.75, 3.05) is 26.2 Å². The van der Waals surface area contributed by atoms with Crippen molar-refractivity contribution in [3.8, 4) is 12.3 Å². The number of carbonyl (C=O) groups is 1. The largest absolute Gasteiger partial charge is 0.349 e. The minimum atomic E-state index is -0.376. The Kier molecular flexibility index (Phi) is 6.26. The molecule has 0 unspecified atom stereocenters. The number of nitrogens with zero attached hydrogens (tertiary/aromatic N) is 1. The first-order chi connectivity index (χ1) is 11.0. The Bertz CT molecular complexity index is 628. The van der Waals surface area contributed by atoms with Gasteiger partial charge in [-0.15, -0.1) is 19.1 Å². The summed E-state index contributed by atoms with van der Waals surface area (Å²) >= 11 is 4.31. The molecule has 1 aromatic carbocycles. The molecule has 1 aromatic rings. The minimum absolute atomic E-state index is 0.0779. The number of thiol groups is 1. The topological polar surface area (TPSA) is 56.2 Å². The fourth-order valence-corrected chi connectivity index (χ4v) is 2.98. The van der Waals surface area contributed by atoms with Gasteiger partial charge in [-0.05, 0) is 44.0 Å². The van der Waals surface area contributed by atoms with Gasteiger partial charge in [0.2, 0.25) is 0 Å². The van der Waals surface area contributed by atoms with E-state index in [0.717, 1.165) is 25.6 Å². The van der Waals surface area contributed by atoms with Crippen LogP contribution in [0.15, 0.2) is 23.1 Å². The minimum Gasteiger partial charge on any atom is -0.349 e. The van der Waals surface area contributed by atoms with Gasteiger partial charge in [0.05, 0.1) is 0 Å². The molecule has 5 heteroatoms. The number of benzene rings is 1. The zero-order chi connectivity index (χ0) is 16.8. The summed E-state index contributed by atoms with van der Waals surface area (Å²) < 4.78 is 0. The Morgan fingerprint density at radius 1 is 1.48 bits per heavy atom. The molecule has 2 N–H and O–H groups in total. The Labute approximate surface area is 143 Å². The molecule has 1 saturated heterocycles. The molecule has 0 aliphatic carbocycles. The number of hydrogen-bond acceptors (Lipinski definition) is 4. The van der Waals surface area contributed by atoms with Gasteiger partial charge in [0, 0.05) is 29.1 Å². The molecule has 122 valence electrons. The fourth-order valence-electron chi connectivity index (χ4n) is 2.66. The molecule has 0 saturated carbocycles. The van der Waals surface area contributed by atoms with Gasteiger partial charge in [-0.3, -0.25) is 10.2 Å². The van der Waals surface area contributed by atoms with E-state index in [2.05, 4.69) is 35.7 Å². The molecule has 23 heavy (non-hydrogen) atoms. The standard InChI is InChI=1S/C18H23N3OS/c1-3-14-4-5-15(16(23)12-14)17(19)18(22)20-8-11-21-9-6-13(2)7-10-21/h1,4-5,12-13,19,23H,6-11H2,2H3,(H,20,22). The van der Waals surface area contributed by atoms with Gasteiger partial charge in [-0.2, -0.15) is 0 Å². The van der Waals surface area contributed by atoms with Crippen LogP contribution in [-0.2, 0) is 4.79 Å². The van der Waals surface area contributed by atoms with Crippen LogP contribution in [0.3, 0.4) is 0 Å². The zero-order valence-electron chi connectivity index (χ0n) is 13.4. The Morgan fingerprint density at radius 3 is 2.78 bits per heavy atom. The Hall–Kier alpha value is -1.77. The number of likely N-dealkylation sites (tertiary alicyclic amines) is 1.